The van der Waals surface area contributed by atoms with Crippen molar-refractivity contribution >= 4 is 23.5 Å². The molecule has 0 saturated heterocycles. The normalized spacial score (nSPS) is 16.2. The first kappa shape index (κ1) is 36.5. The molecular formula is C44H45N3O7-2. The van der Waals surface area contributed by atoms with Crippen LogP contribution in [0.15, 0.2) is 84.7 Å². The second-order valence-electron chi connectivity index (χ2n) is 14.4. The van der Waals surface area contributed by atoms with E-state index in [4.69, 9.17) is 10.1 Å². The molecule has 5 N–H and O–H groups in total. The fourth-order valence-electron chi connectivity index (χ4n) is 7.97. The fourth-order valence-corrected chi connectivity index (χ4v) is 7.97. The molecule has 0 radical (unpaired) electrons. The van der Waals surface area contributed by atoms with E-state index in [1.165, 1.54) is 12.1 Å². The Morgan fingerprint density at radius 2 is 1.76 bits per heavy atom. The quantitative estimate of drug-likeness (QED) is 0.0386. The number of phenolic OH excluding ortho intramolecular Hbond substituents is 4. The molecule has 1 aliphatic heterocycles. The van der Waals surface area contributed by atoms with E-state index in [-0.39, 0.29) is 59.9 Å². The molecule has 0 amide bonds. The number of unbranched alkanes of at least 4 members (excludes halogenated alkanes) is 1. The third-order valence-corrected chi connectivity index (χ3v) is 10.6. The van der Waals surface area contributed by atoms with E-state index in [1.54, 1.807) is 36.7 Å². The number of aromatic nitrogens is 2. The van der Waals surface area contributed by atoms with Crippen molar-refractivity contribution < 1.29 is 34.8 Å². The molecule has 280 valence electrons. The van der Waals surface area contributed by atoms with E-state index < -0.39 is 5.92 Å². The highest BCUT2D eigenvalue weighted by atomic mass is 16.5. The van der Waals surface area contributed by atoms with Crippen LogP contribution in [0.25, 0.3) is 11.4 Å². The number of ether oxygens (including phenoxy) is 1. The maximum Gasteiger partial charge on any atom is 0.164 e. The van der Waals surface area contributed by atoms with Crippen molar-refractivity contribution in [1.29, 1.82) is 0 Å². The van der Waals surface area contributed by atoms with Gasteiger partial charge in [-0.05, 0) is 110 Å². The Balaban J connectivity index is 1.08. The van der Waals surface area contributed by atoms with Crippen LogP contribution >= 0.6 is 0 Å². The Morgan fingerprint density at radius 3 is 2.61 bits per heavy atom. The number of hydrogen-bond donors (Lipinski definition) is 5. The molecule has 10 nitrogen and oxygen atoms in total. The highest BCUT2D eigenvalue weighted by molar-refractivity contribution is 6.02. The number of H-pyrrole nitrogens is 1. The summed E-state index contributed by atoms with van der Waals surface area (Å²) >= 11 is 0. The number of Topliss-reactive ketones (excluding diaryl/α,β-unsaturated/α-hetero) is 2. The van der Waals surface area contributed by atoms with Crippen molar-refractivity contribution in [3.8, 4) is 28.7 Å². The number of aromatic hydroxyl groups is 4. The van der Waals surface area contributed by atoms with Crippen molar-refractivity contribution in [3.05, 3.63) is 129 Å². The summed E-state index contributed by atoms with van der Waals surface area (Å²) in [5.74, 6) is 0.136. The van der Waals surface area contributed by atoms with Gasteiger partial charge in [-0.2, -0.15) is 6.20 Å². The number of rotatable bonds is 16. The monoisotopic (exact) mass is 727 g/mol. The number of hydrogen-bond acceptors (Lipinski definition) is 7. The molecule has 7 rings (SSSR count). The van der Waals surface area contributed by atoms with Gasteiger partial charge in [-0.3, -0.25) is 9.59 Å². The lowest BCUT2D eigenvalue weighted by atomic mass is 9.71. The van der Waals surface area contributed by atoms with Crippen LogP contribution < -0.4 is 9.72 Å². The van der Waals surface area contributed by atoms with Gasteiger partial charge in [0.05, 0.1) is 13.0 Å². The summed E-state index contributed by atoms with van der Waals surface area (Å²) in [5, 5.41) is 44.9. The minimum atomic E-state index is -0.558. The lowest BCUT2D eigenvalue weighted by molar-refractivity contribution is -0.129. The number of aryl methyl sites for hydroxylation is 2. The summed E-state index contributed by atoms with van der Waals surface area (Å²) < 4.78 is 5.72. The Morgan fingerprint density at radius 1 is 0.889 bits per heavy atom. The molecule has 0 bridgehead atoms. The van der Waals surface area contributed by atoms with E-state index in [0.717, 1.165) is 83.2 Å². The van der Waals surface area contributed by atoms with Crippen molar-refractivity contribution in [2.24, 2.45) is 5.92 Å². The molecule has 0 spiro atoms. The first-order chi connectivity index (χ1) is 26.2. The van der Waals surface area contributed by atoms with Crippen LogP contribution in [0.2, 0.25) is 0 Å². The summed E-state index contributed by atoms with van der Waals surface area (Å²) in [6.07, 6.45) is 11.3. The molecule has 2 atom stereocenters. The lowest BCUT2D eigenvalue weighted by Crippen LogP contribution is -2.30. The van der Waals surface area contributed by atoms with Gasteiger partial charge < -0.3 is 40.4 Å². The van der Waals surface area contributed by atoms with Crippen LogP contribution in [-0.4, -0.2) is 50.1 Å². The maximum absolute atomic E-state index is 14.4. The van der Waals surface area contributed by atoms with Gasteiger partial charge in [0.15, 0.2) is 23.0 Å². The molecular weight excluding hydrogens is 682 g/mol. The van der Waals surface area contributed by atoms with Crippen LogP contribution in [0.5, 0.6) is 28.7 Å². The number of carbonyl (C=O) groups excluding carboxylic acids is 2. The summed E-state index contributed by atoms with van der Waals surface area (Å²) in [7, 11) is 0. The summed E-state index contributed by atoms with van der Waals surface area (Å²) in [6, 6.07) is 19.4. The molecule has 0 saturated carbocycles. The smallest absolute Gasteiger partial charge is 0.164 e. The number of phenols is 4. The van der Waals surface area contributed by atoms with Crippen molar-refractivity contribution in [2.75, 3.05) is 13.2 Å². The number of ketones is 2. The zero-order valence-electron chi connectivity index (χ0n) is 30.1. The molecule has 0 fully saturated rings. The minimum absolute atomic E-state index is 0.109. The lowest BCUT2D eigenvalue weighted by Gasteiger charge is -2.36. The third-order valence-electron chi connectivity index (χ3n) is 10.6. The summed E-state index contributed by atoms with van der Waals surface area (Å²) in [4.78, 5) is 35.8. The molecule has 2 aliphatic rings. The Bertz CT molecular complexity index is 2160. The highest BCUT2D eigenvalue weighted by Crippen LogP contribution is 2.44. The van der Waals surface area contributed by atoms with Gasteiger partial charge in [0, 0.05) is 17.9 Å². The number of fused-ring (bicyclic) bond motifs is 2. The van der Waals surface area contributed by atoms with Gasteiger partial charge in [0.25, 0.3) is 0 Å². The molecule has 2 unspecified atom stereocenters. The zero-order valence-corrected chi connectivity index (χ0v) is 30.1. The number of carbonyl (C=O) groups is 2. The second-order valence-corrected chi connectivity index (χ2v) is 14.4. The summed E-state index contributed by atoms with van der Waals surface area (Å²) in [6.45, 7) is 0.775. The number of benzene rings is 3. The van der Waals surface area contributed by atoms with E-state index in [2.05, 4.69) is 9.97 Å². The third kappa shape index (κ3) is 8.33. The van der Waals surface area contributed by atoms with Crippen molar-refractivity contribution in [2.45, 2.75) is 70.1 Å². The van der Waals surface area contributed by atoms with Gasteiger partial charge >= 0.3 is 0 Å². The zero-order chi connectivity index (χ0) is 37.6. The van der Waals surface area contributed by atoms with Crippen LogP contribution in [0.1, 0.15) is 83.5 Å². The molecule has 1 aliphatic carbocycles. The molecule has 3 heterocycles. The SMILES string of the molecule is O=C(CCc1ccc(O)c2c1CCCO2)CC(=O)C1C(C[N-]c2[nH]ccc2Cc2ccc(O)c(O)c2)=Cc2[n-]ccc2C1CCCCc1cccc(O)c1. The Labute approximate surface area is 314 Å². The average molecular weight is 728 g/mol. The maximum atomic E-state index is 14.4. The van der Waals surface area contributed by atoms with E-state index in [9.17, 15) is 30.0 Å². The number of nitrogens with one attached hydrogen (secondary N) is 1. The largest absolute Gasteiger partial charge is 0.664 e. The molecule has 2 aromatic heterocycles. The van der Waals surface area contributed by atoms with E-state index in [1.807, 2.05) is 36.4 Å². The standard InChI is InChI=1S/C44H45N3O7/c48-32-7-3-6-27(22-32)5-1-2-8-36-35-17-19-45-37(35)24-31(26-47-44-30(16-18-46-44)21-28-10-14-38(50)40(52)23-28)42(36)41(53)25-33(49)13-11-29-12-15-39(51)43-34(29)9-4-20-54-43/h3,6-7,10,12,14-19,22-24,36,42,46,48,50-52H,1-2,4-5,8-9,11,13,20-21,25-26H2/q-2. The van der Waals surface area contributed by atoms with Crippen LogP contribution in [0.3, 0.4) is 0 Å². The fraction of sp³-hybridized carbons (Fsp3) is 0.318. The second kappa shape index (κ2) is 16.4. The van der Waals surface area contributed by atoms with Crippen LogP contribution in [0.4, 0.5) is 5.82 Å². The predicted molar refractivity (Wildman–Crippen MR) is 206 cm³/mol. The van der Waals surface area contributed by atoms with Crippen LogP contribution in [-0.2, 0) is 35.3 Å². The van der Waals surface area contributed by atoms with Gasteiger partial charge in [-0.25, -0.2) is 0 Å². The molecule has 10 heteroatoms. The predicted octanol–water partition coefficient (Wildman–Crippen LogP) is 8.09. The van der Waals surface area contributed by atoms with Crippen molar-refractivity contribution in [1.82, 2.24) is 9.97 Å². The topological polar surface area (TPSA) is 168 Å². The van der Waals surface area contributed by atoms with Crippen molar-refractivity contribution in [3.63, 3.8) is 0 Å². The van der Waals surface area contributed by atoms with E-state index >= 15 is 0 Å². The number of aromatic amines is 1. The highest BCUT2D eigenvalue weighted by Gasteiger charge is 2.35. The average Bonchev–Trinajstić information content (AvgIpc) is 3.83. The van der Waals surface area contributed by atoms with Crippen LogP contribution in [0, 0.1) is 5.92 Å². The van der Waals surface area contributed by atoms with Gasteiger partial charge in [-0.15, -0.1) is 5.69 Å². The first-order valence-electron chi connectivity index (χ1n) is 18.7. The first-order valence-corrected chi connectivity index (χ1v) is 18.7. The van der Waals surface area contributed by atoms with Gasteiger partial charge in [0.2, 0.25) is 0 Å². The van der Waals surface area contributed by atoms with E-state index in [0.29, 0.717) is 31.0 Å². The Kier molecular flexibility index (Phi) is 11.1. The Hall–Kier alpha value is -5.90. The molecule has 54 heavy (non-hydrogen) atoms. The molecule has 5 aromatic rings. The minimum Gasteiger partial charge on any atom is -0.664 e. The summed E-state index contributed by atoms with van der Waals surface area (Å²) in [5.41, 5.74) is 7.29. The number of nitrogens with zero attached hydrogens (tertiary/aromatic N) is 2. The molecule has 3 aromatic carbocycles. The van der Waals surface area contributed by atoms with Gasteiger partial charge in [-0.1, -0.05) is 72.0 Å². The van der Waals surface area contributed by atoms with Gasteiger partial charge in [0.1, 0.15) is 17.3 Å².